The maximum atomic E-state index is 14.0. The quantitative estimate of drug-likeness (QED) is 0.601. The van der Waals surface area contributed by atoms with Gasteiger partial charge in [0.25, 0.3) is 0 Å². The number of hydrogen-bond donors (Lipinski definition) is 2. The molecule has 0 spiro atoms. The monoisotopic (exact) mass is 364 g/mol. The lowest BCUT2D eigenvalue weighted by molar-refractivity contribution is 0.206. The van der Waals surface area contributed by atoms with Crippen molar-refractivity contribution < 1.29 is 8.78 Å². The van der Waals surface area contributed by atoms with E-state index in [0.29, 0.717) is 12.6 Å². The second-order valence-electron chi connectivity index (χ2n) is 7.31. The molecule has 2 atom stereocenters. The van der Waals surface area contributed by atoms with E-state index in [-0.39, 0.29) is 17.5 Å². The molecule has 2 fully saturated rings. The smallest absolute Gasteiger partial charge is 0.191 e. The van der Waals surface area contributed by atoms with Crippen LogP contribution in [0.15, 0.2) is 23.2 Å². The van der Waals surface area contributed by atoms with Crippen molar-refractivity contribution in [1.29, 1.82) is 0 Å². The van der Waals surface area contributed by atoms with Gasteiger partial charge in [-0.15, -0.1) is 0 Å². The Bertz CT molecular complexity index is 606. The van der Waals surface area contributed by atoms with Crippen LogP contribution in [0.25, 0.3) is 0 Å². The van der Waals surface area contributed by atoms with Crippen molar-refractivity contribution >= 4 is 5.96 Å². The number of likely N-dealkylation sites (tertiary alicyclic amines) is 1. The summed E-state index contributed by atoms with van der Waals surface area (Å²) >= 11 is 0. The minimum absolute atomic E-state index is 0.0411. The first kappa shape index (κ1) is 19.1. The molecule has 0 amide bonds. The molecule has 2 unspecified atom stereocenters. The van der Waals surface area contributed by atoms with Gasteiger partial charge in [-0.2, -0.15) is 0 Å². The topological polar surface area (TPSA) is 39.7 Å². The van der Waals surface area contributed by atoms with Gasteiger partial charge in [-0.25, -0.2) is 8.78 Å². The minimum Gasteiger partial charge on any atom is -0.354 e. The zero-order valence-electron chi connectivity index (χ0n) is 15.8. The number of guanidine groups is 1. The molecule has 0 aromatic heterocycles. The van der Waals surface area contributed by atoms with Gasteiger partial charge in [0.2, 0.25) is 0 Å². The number of benzene rings is 1. The van der Waals surface area contributed by atoms with E-state index in [9.17, 15) is 8.78 Å². The van der Waals surface area contributed by atoms with Crippen LogP contribution in [0.5, 0.6) is 0 Å². The predicted molar refractivity (Wildman–Crippen MR) is 102 cm³/mol. The number of rotatable bonds is 6. The van der Waals surface area contributed by atoms with Crippen molar-refractivity contribution in [3.05, 3.63) is 35.4 Å². The van der Waals surface area contributed by atoms with E-state index >= 15 is 0 Å². The summed E-state index contributed by atoms with van der Waals surface area (Å²) in [5, 5.41) is 6.89. The molecule has 1 saturated heterocycles. The van der Waals surface area contributed by atoms with Gasteiger partial charge in [-0.05, 0) is 51.3 Å². The highest BCUT2D eigenvalue weighted by Gasteiger charge is 2.42. The molecule has 6 heteroatoms. The zero-order valence-corrected chi connectivity index (χ0v) is 15.8. The highest BCUT2D eigenvalue weighted by atomic mass is 19.1. The van der Waals surface area contributed by atoms with Crippen molar-refractivity contribution in [1.82, 2.24) is 15.5 Å². The van der Waals surface area contributed by atoms with Crippen LogP contribution in [0.1, 0.15) is 51.0 Å². The largest absolute Gasteiger partial charge is 0.354 e. The zero-order chi connectivity index (χ0) is 18.5. The van der Waals surface area contributed by atoms with E-state index in [0.717, 1.165) is 38.3 Å². The Hall–Kier alpha value is -1.69. The molecule has 1 aromatic carbocycles. The molecular formula is C20H30F2N4. The molecule has 3 rings (SSSR count). The highest BCUT2D eigenvalue weighted by Crippen LogP contribution is 2.43. The third-order valence-corrected chi connectivity index (χ3v) is 5.27. The van der Waals surface area contributed by atoms with Crippen LogP contribution >= 0.6 is 0 Å². The Balaban J connectivity index is 1.53. The molecule has 1 aliphatic carbocycles. The van der Waals surface area contributed by atoms with Gasteiger partial charge in [0.05, 0.1) is 0 Å². The van der Waals surface area contributed by atoms with E-state index in [2.05, 4.69) is 27.4 Å². The first-order valence-corrected chi connectivity index (χ1v) is 9.86. The predicted octanol–water partition coefficient (Wildman–Crippen LogP) is 3.25. The summed E-state index contributed by atoms with van der Waals surface area (Å²) in [6, 6.07) is 4.52. The third-order valence-electron chi connectivity index (χ3n) is 5.27. The Morgan fingerprint density at radius 1 is 1.15 bits per heavy atom. The van der Waals surface area contributed by atoms with Crippen LogP contribution in [0.4, 0.5) is 8.78 Å². The highest BCUT2D eigenvalue weighted by molar-refractivity contribution is 5.81. The van der Waals surface area contributed by atoms with Gasteiger partial charge >= 0.3 is 0 Å². The van der Waals surface area contributed by atoms with Crippen LogP contribution in [-0.4, -0.2) is 49.1 Å². The lowest BCUT2D eigenvalue weighted by Gasteiger charge is -2.33. The molecule has 1 saturated carbocycles. The first-order chi connectivity index (χ1) is 12.6. The Kier molecular flexibility index (Phi) is 6.46. The Labute approximate surface area is 155 Å². The number of halogens is 2. The van der Waals surface area contributed by atoms with E-state index in [1.165, 1.54) is 31.2 Å². The summed E-state index contributed by atoms with van der Waals surface area (Å²) in [6.45, 7) is 8.27. The van der Waals surface area contributed by atoms with Crippen LogP contribution in [0.2, 0.25) is 0 Å². The van der Waals surface area contributed by atoms with Crippen LogP contribution < -0.4 is 10.6 Å². The average molecular weight is 364 g/mol. The SMILES string of the molecule is CCCN1CCC(NC(=NCC)NC2CC2c2c(F)cccc2F)CC1. The summed E-state index contributed by atoms with van der Waals surface area (Å²) in [7, 11) is 0. The molecule has 2 N–H and O–H groups in total. The van der Waals surface area contributed by atoms with E-state index < -0.39 is 11.6 Å². The van der Waals surface area contributed by atoms with Gasteiger partial charge in [0.1, 0.15) is 11.6 Å². The van der Waals surface area contributed by atoms with E-state index in [4.69, 9.17) is 0 Å². The molecular weight excluding hydrogens is 334 g/mol. The van der Waals surface area contributed by atoms with Crippen molar-refractivity contribution in [3.63, 3.8) is 0 Å². The van der Waals surface area contributed by atoms with Crippen molar-refractivity contribution in [2.75, 3.05) is 26.2 Å². The summed E-state index contributed by atoms with van der Waals surface area (Å²) < 4.78 is 27.9. The van der Waals surface area contributed by atoms with Gasteiger partial charge in [0.15, 0.2) is 5.96 Å². The van der Waals surface area contributed by atoms with Crippen molar-refractivity contribution in [2.24, 2.45) is 4.99 Å². The molecule has 4 nitrogen and oxygen atoms in total. The standard InChI is InChI=1S/C20H30F2N4/c1-3-10-26-11-8-14(9-12-26)24-20(23-4-2)25-18-13-15(18)19-16(21)6-5-7-17(19)22/h5-7,14-15,18H,3-4,8-13H2,1-2H3,(H2,23,24,25). The Morgan fingerprint density at radius 3 is 2.46 bits per heavy atom. The number of aliphatic imine (C=N–C) groups is 1. The van der Waals surface area contributed by atoms with Gasteiger partial charge < -0.3 is 15.5 Å². The summed E-state index contributed by atoms with van der Waals surface area (Å²) in [5.41, 5.74) is 0.203. The Morgan fingerprint density at radius 2 is 1.85 bits per heavy atom. The maximum absolute atomic E-state index is 14.0. The van der Waals surface area contributed by atoms with Crippen LogP contribution in [0, 0.1) is 11.6 Å². The summed E-state index contributed by atoms with van der Waals surface area (Å²) in [6.07, 6.45) is 4.12. The van der Waals surface area contributed by atoms with Crippen molar-refractivity contribution in [3.8, 4) is 0 Å². The molecule has 0 bridgehead atoms. The lowest BCUT2D eigenvalue weighted by atomic mass is 10.1. The minimum atomic E-state index is -0.454. The molecule has 1 aliphatic heterocycles. The number of hydrogen-bond acceptors (Lipinski definition) is 2. The molecule has 0 radical (unpaired) electrons. The molecule has 26 heavy (non-hydrogen) atoms. The lowest BCUT2D eigenvalue weighted by Crippen LogP contribution is -2.49. The fourth-order valence-corrected chi connectivity index (χ4v) is 3.82. The normalized spacial score (nSPS) is 24.5. The van der Waals surface area contributed by atoms with Crippen LogP contribution in [0.3, 0.4) is 0 Å². The van der Waals surface area contributed by atoms with Gasteiger partial charge in [-0.1, -0.05) is 13.0 Å². The second kappa shape index (κ2) is 8.80. The second-order valence-corrected chi connectivity index (χ2v) is 7.31. The van der Waals surface area contributed by atoms with Gasteiger partial charge in [-0.3, -0.25) is 4.99 Å². The molecule has 144 valence electrons. The maximum Gasteiger partial charge on any atom is 0.191 e. The molecule has 1 heterocycles. The fraction of sp³-hybridized carbons (Fsp3) is 0.650. The number of nitrogens with one attached hydrogen (secondary N) is 2. The average Bonchev–Trinajstić information content (AvgIpc) is 3.35. The van der Waals surface area contributed by atoms with E-state index in [1.54, 1.807) is 0 Å². The summed E-state index contributed by atoms with van der Waals surface area (Å²) in [4.78, 5) is 7.02. The van der Waals surface area contributed by atoms with E-state index in [1.807, 2.05) is 6.92 Å². The third kappa shape index (κ3) is 4.72. The van der Waals surface area contributed by atoms with Gasteiger partial charge in [0, 0.05) is 43.2 Å². The fourth-order valence-electron chi connectivity index (χ4n) is 3.82. The summed E-state index contributed by atoms with van der Waals surface area (Å²) in [5.74, 6) is -0.258. The first-order valence-electron chi connectivity index (χ1n) is 9.86. The van der Waals surface area contributed by atoms with Crippen molar-refractivity contribution in [2.45, 2.75) is 57.5 Å². The molecule has 2 aliphatic rings. The molecule has 1 aromatic rings. The van der Waals surface area contributed by atoms with Crippen LogP contribution in [-0.2, 0) is 0 Å². The number of piperidine rings is 1. The number of nitrogens with zero attached hydrogens (tertiary/aromatic N) is 2.